The minimum atomic E-state index is -0.406. The van der Waals surface area contributed by atoms with Crippen LogP contribution in [0.5, 0.6) is 11.5 Å². The van der Waals surface area contributed by atoms with Crippen LogP contribution in [0.4, 0.5) is 0 Å². The number of aryl methyl sites for hydroxylation is 2. The van der Waals surface area contributed by atoms with Gasteiger partial charge in [0.2, 0.25) is 0 Å². The molecule has 0 bridgehead atoms. The number of ether oxygens (including phenoxy) is 2. The Morgan fingerprint density at radius 2 is 1.84 bits per heavy atom. The topological polar surface area (TPSA) is 94.6 Å². The van der Waals surface area contributed by atoms with Crippen molar-refractivity contribution < 1.29 is 14.3 Å². The number of nitrogens with two attached hydrogens (primary N) is 1. The van der Waals surface area contributed by atoms with Crippen molar-refractivity contribution in [2.45, 2.75) is 33.5 Å². The van der Waals surface area contributed by atoms with E-state index >= 15 is 0 Å². The molecule has 0 aliphatic carbocycles. The van der Waals surface area contributed by atoms with Crippen molar-refractivity contribution in [2.75, 3.05) is 7.11 Å². The Morgan fingerprint density at radius 1 is 1.16 bits per heavy atom. The van der Waals surface area contributed by atoms with Crippen LogP contribution >= 0.6 is 12.2 Å². The molecule has 0 aliphatic heterocycles. The SMILES string of the molecule is CCn1nc(C)c(OCc2ccccc2)c1C(=O)NN(Cc1ccc(OC)cc1)C(N)=S. The van der Waals surface area contributed by atoms with E-state index in [9.17, 15) is 4.79 Å². The highest BCUT2D eigenvalue weighted by Crippen LogP contribution is 2.25. The number of hydrogen-bond acceptors (Lipinski definition) is 5. The summed E-state index contributed by atoms with van der Waals surface area (Å²) in [4.78, 5) is 13.2. The highest BCUT2D eigenvalue weighted by atomic mass is 32.1. The van der Waals surface area contributed by atoms with Crippen molar-refractivity contribution >= 4 is 23.2 Å². The molecule has 9 heteroatoms. The lowest BCUT2D eigenvalue weighted by molar-refractivity contribution is 0.0849. The van der Waals surface area contributed by atoms with Crippen molar-refractivity contribution in [2.24, 2.45) is 5.73 Å². The first-order chi connectivity index (χ1) is 15.4. The lowest BCUT2D eigenvalue weighted by Gasteiger charge is -2.24. The zero-order chi connectivity index (χ0) is 23.1. The molecule has 1 aromatic heterocycles. The van der Waals surface area contributed by atoms with Crippen molar-refractivity contribution in [3.8, 4) is 11.5 Å². The van der Waals surface area contributed by atoms with Crippen LogP contribution in [0.25, 0.3) is 0 Å². The highest BCUT2D eigenvalue weighted by molar-refractivity contribution is 7.80. The minimum absolute atomic E-state index is 0.0419. The van der Waals surface area contributed by atoms with Crippen molar-refractivity contribution in [1.29, 1.82) is 0 Å². The number of hydrazine groups is 1. The fraction of sp³-hybridized carbons (Fsp3) is 0.261. The molecule has 0 atom stereocenters. The number of aromatic nitrogens is 2. The number of benzene rings is 2. The van der Waals surface area contributed by atoms with Crippen LogP contribution in [-0.2, 0) is 19.7 Å². The van der Waals surface area contributed by atoms with Crippen LogP contribution in [0.2, 0.25) is 0 Å². The Labute approximate surface area is 192 Å². The summed E-state index contributed by atoms with van der Waals surface area (Å²) >= 11 is 5.16. The van der Waals surface area contributed by atoms with Crippen molar-refractivity contribution in [1.82, 2.24) is 20.2 Å². The van der Waals surface area contributed by atoms with E-state index in [0.29, 0.717) is 36.8 Å². The first kappa shape index (κ1) is 23.1. The van der Waals surface area contributed by atoms with Gasteiger partial charge < -0.3 is 15.2 Å². The molecular formula is C23H27N5O3S. The van der Waals surface area contributed by atoms with E-state index in [4.69, 9.17) is 27.4 Å². The first-order valence-corrected chi connectivity index (χ1v) is 10.6. The number of nitrogens with zero attached hydrogens (tertiary/aromatic N) is 3. The van der Waals surface area contributed by atoms with Gasteiger partial charge in [0.25, 0.3) is 5.91 Å². The zero-order valence-electron chi connectivity index (χ0n) is 18.4. The maximum atomic E-state index is 13.2. The van der Waals surface area contributed by atoms with E-state index < -0.39 is 5.91 Å². The van der Waals surface area contributed by atoms with Gasteiger partial charge in [0.15, 0.2) is 16.6 Å². The van der Waals surface area contributed by atoms with Crippen molar-refractivity contribution in [3.63, 3.8) is 0 Å². The quantitative estimate of drug-likeness (QED) is 0.400. The molecule has 1 amide bonds. The molecule has 0 saturated heterocycles. The Hall–Kier alpha value is -3.59. The van der Waals surface area contributed by atoms with Crippen LogP contribution in [0.3, 0.4) is 0 Å². The second-order valence-corrected chi connectivity index (χ2v) is 7.48. The molecule has 168 valence electrons. The summed E-state index contributed by atoms with van der Waals surface area (Å²) in [5.41, 5.74) is 11.5. The molecule has 2 aromatic carbocycles. The molecule has 0 radical (unpaired) electrons. The number of nitrogens with one attached hydrogen (secondary N) is 1. The fourth-order valence-electron chi connectivity index (χ4n) is 3.18. The summed E-state index contributed by atoms with van der Waals surface area (Å²) < 4.78 is 12.8. The molecule has 3 rings (SSSR count). The molecule has 1 heterocycles. The van der Waals surface area contributed by atoms with Crippen molar-refractivity contribution in [3.05, 3.63) is 77.1 Å². The molecule has 0 aliphatic rings. The maximum Gasteiger partial charge on any atom is 0.292 e. The number of carbonyl (C=O) groups excluding carboxylic acids is 1. The zero-order valence-corrected chi connectivity index (χ0v) is 19.2. The summed E-state index contributed by atoms with van der Waals surface area (Å²) in [5, 5.41) is 5.91. The molecule has 0 spiro atoms. The number of hydrogen-bond donors (Lipinski definition) is 2. The minimum Gasteiger partial charge on any atom is -0.497 e. The molecule has 8 nitrogen and oxygen atoms in total. The van der Waals surface area contributed by atoms with Gasteiger partial charge in [-0.2, -0.15) is 5.10 Å². The average molecular weight is 454 g/mol. The molecular weight excluding hydrogens is 426 g/mol. The third-order valence-corrected chi connectivity index (χ3v) is 5.04. The van der Waals surface area contributed by atoms with Crippen LogP contribution in [0.1, 0.15) is 34.2 Å². The smallest absolute Gasteiger partial charge is 0.292 e. The lowest BCUT2D eigenvalue weighted by atomic mass is 10.2. The average Bonchev–Trinajstić information content (AvgIpc) is 3.13. The first-order valence-electron chi connectivity index (χ1n) is 10.2. The van der Waals surface area contributed by atoms with Gasteiger partial charge in [0.1, 0.15) is 18.1 Å². The van der Waals surface area contributed by atoms with E-state index in [-0.39, 0.29) is 5.11 Å². The maximum absolute atomic E-state index is 13.2. The Kier molecular flexibility index (Phi) is 7.67. The van der Waals surface area contributed by atoms with E-state index in [1.54, 1.807) is 11.8 Å². The summed E-state index contributed by atoms with van der Waals surface area (Å²) in [6, 6.07) is 17.2. The number of carbonyl (C=O) groups is 1. The van der Waals surface area contributed by atoms with Gasteiger partial charge >= 0.3 is 0 Å². The van der Waals surface area contributed by atoms with E-state index in [2.05, 4.69) is 10.5 Å². The lowest BCUT2D eigenvalue weighted by Crippen LogP contribution is -2.48. The Morgan fingerprint density at radius 3 is 2.44 bits per heavy atom. The molecule has 0 saturated carbocycles. The van der Waals surface area contributed by atoms with E-state index in [1.807, 2.05) is 68.4 Å². The van der Waals surface area contributed by atoms with Gasteiger partial charge in [-0.3, -0.25) is 19.9 Å². The van der Waals surface area contributed by atoms with Gasteiger partial charge in [-0.15, -0.1) is 0 Å². The summed E-state index contributed by atoms with van der Waals surface area (Å²) in [7, 11) is 1.60. The van der Waals surface area contributed by atoms with Crippen LogP contribution < -0.4 is 20.6 Å². The van der Waals surface area contributed by atoms with Gasteiger partial charge in [-0.25, -0.2) is 0 Å². The summed E-state index contributed by atoms with van der Waals surface area (Å²) in [6.45, 7) is 4.84. The number of thiocarbonyl (C=S) groups is 1. The normalized spacial score (nSPS) is 10.5. The Bertz CT molecular complexity index is 1070. The molecule has 3 aromatic rings. The number of rotatable bonds is 8. The third-order valence-electron chi connectivity index (χ3n) is 4.82. The van der Waals surface area contributed by atoms with Crippen LogP contribution in [-0.4, -0.2) is 32.9 Å². The fourth-order valence-corrected chi connectivity index (χ4v) is 3.29. The molecule has 3 N–H and O–H groups in total. The Balaban J connectivity index is 1.80. The second-order valence-electron chi connectivity index (χ2n) is 7.07. The monoisotopic (exact) mass is 453 g/mol. The summed E-state index contributed by atoms with van der Waals surface area (Å²) in [6.07, 6.45) is 0. The largest absolute Gasteiger partial charge is 0.497 e. The second kappa shape index (κ2) is 10.6. The standard InChI is InChI=1S/C23H27N5O3S/c1-4-27-20(21(16(2)25-27)31-15-18-8-6-5-7-9-18)22(29)26-28(23(24)32)14-17-10-12-19(30-3)13-11-17/h5-13H,4,14-15H2,1-3H3,(H2,24,32)(H,26,29). The molecule has 32 heavy (non-hydrogen) atoms. The van der Waals surface area contributed by atoms with Gasteiger partial charge in [-0.1, -0.05) is 42.5 Å². The molecule has 0 unspecified atom stereocenters. The third kappa shape index (κ3) is 5.55. The van der Waals surface area contributed by atoms with E-state index in [0.717, 1.165) is 16.9 Å². The predicted octanol–water partition coefficient (Wildman–Crippen LogP) is 3.19. The predicted molar refractivity (Wildman–Crippen MR) is 126 cm³/mol. The van der Waals surface area contributed by atoms with Gasteiger partial charge in [0, 0.05) is 6.54 Å². The molecule has 0 fully saturated rings. The summed E-state index contributed by atoms with van der Waals surface area (Å²) in [5.74, 6) is 0.763. The van der Waals surface area contributed by atoms with Gasteiger partial charge in [-0.05, 0) is 49.3 Å². The highest BCUT2D eigenvalue weighted by Gasteiger charge is 2.25. The van der Waals surface area contributed by atoms with E-state index in [1.165, 1.54) is 5.01 Å². The number of amides is 1. The van der Waals surface area contributed by atoms with Crippen LogP contribution in [0.15, 0.2) is 54.6 Å². The number of methoxy groups -OCH3 is 1. The van der Waals surface area contributed by atoms with Crippen LogP contribution in [0, 0.1) is 6.92 Å². The van der Waals surface area contributed by atoms with Gasteiger partial charge in [0.05, 0.1) is 13.7 Å².